The van der Waals surface area contributed by atoms with Crippen molar-refractivity contribution in [3.63, 3.8) is 0 Å². The maximum absolute atomic E-state index is 13.7. The Labute approximate surface area is 125 Å². The van der Waals surface area contributed by atoms with E-state index in [9.17, 15) is 4.39 Å². The minimum absolute atomic E-state index is 0.0111. The van der Waals surface area contributed by atoms with Gasteiger partial charge in [0.1, 0.15) is 5.82 Å². The van der Waals surface area contributed by atoms with Crippen molar-refractivity contribution in [2.75, 3.05) is 6.61 Å². The zero-order chi connectivity index (χ0) is 14.6. The van der Waals surface area contributed by atoms with Crippen molar-refractivity contribution in [1.82, 2.24) is 5.32 Å². The molecule has 0 bridgehead atoms. The molecule has 112 valence electrons. The van der Waals surface area contributed by atoms with Gasteiger partial charge in [-0.2, -0.15) is 0 Å². The van der Waals surface area contributed by atoms with Gasteiger partial charge in [0.15, 0.2) is 0 Å². The number of benzene rings is 1. The molecule has 0 radical (unpaired) electrons. The number of hydrogen-bond donors (Lipinski definition) is 1. The third-order valence-corrected chi connectivity index (χ3v) is 4.61. The third kappa shape index (κ3) is 3.72. The highest BCUT2D eigenvalue weighted by Crippen LogP contribution is 2.31. The average molecular weight is 300 g/mol. The molecule has 2 rings (SSSR count). The summed E-state index contributed by atoms with van der Waals surface area (Å²) in [5, 5.41) is 4.03. The van der Waals surface area contributed by atoms with Gasteiger partial charge in [-0.1, -0.05) is 25.4 Å². The van der Waals surface area contributed by atoms with Gasteiger partial charge in [0.05, 0.1) is 5.60 Å². The molecule has 20 heavy (non-hydrogen) atoms. The lowest BCUT2D eigenvalue weighted by Crippen LogP contribution is -2.46. The van der Waals surface area contributed by atoms with Crippen LogP contribution in [0.4, 0.5) is 4.39 Å². The first-order chi connectivity index (χ1) is 9.58. The van der Waals surface area contributed by atoms with Crippen LogP contribution in [-0.4, -0.2) is 18.2 Å². The highest BCUT2D eigenvalue weighted by atomic mass is 35.5. The minimum atomic E-state index is -0.203. The molecule has 1 aromatic rings. The molecule has 1 aliphatic rings. The first kappa shape index (κ1) is 15.7. The number of halogens is 2. The molecule has 1 aliphatic heterocycles. The van der Waals surface area contributed by atoms with E-state index in [1.54, 1.807) is 12.1 Å². The van der Waals surface area contributed by atoms with Crippen molar-refractivity contribution in [3.05, 3.63) is 34.6 Å². The van der Waals surface area contributed by atoms with Crippen LogP contribution in [0.2, 0.25) is 5.02 Å². The molecular weight excluding hydrogens is 277 g/mol. The van der Waals surface area contributed by atoms with E-state index in [0.717, 1.165) is 32.3 Å². The normalized spacial score (nSPS) is 21.9. The van der Waals surface area contributed by atoms with E-state index in [1.165, 1.54) is 6.07 Å². The number of hydrogen-bond acceptors (Lipinski definition) is 2. The fourth-order valence-corrected chi connectivity index (χ4v) is 3.07. The monoisotopic (exact) mass is 299 g/mol. The molecule has 0 aromatic heterocycles. The van der Waals surface area contributed by atoms with Gasteiger partial charge in [-0.3, -0.25) is 0 Å². The lowest BCUT2D eigenvalue weighted by Gasteiger charge is -2.40. The highest BCUT2D eigenvalue weighted by Gasteiger charge is 2.34. The Morgan fingerprint density at radius 3 is 2.85 bits per heavy atom. The summed E-state index contributed by atoms with van der Waals surface area (Å²) in [5.41, 5.74) is 0.616. The summed E-state index contributed by atoms with van der Waals surface area (Å²) in [6.07, 6.45) is 4.01. The second kappa shape index (κ2) is 6.88. The fraction of sp³-hybridized carbons (Fsp3) is 0.625. The van der Waals surface area contributed by atoms with Crippen molar-refractivity contribution < 1.29 is 9.13 Å². The topological polar surface area (TPSA) is 21.3 Å². The summed E-state index contributed by atoms with van der Waals surface area (Å²) in [4.78, 5) is 0. The molecule has 0 spiro atoms. The summed E-state index contributed by atoms with van der Waals surface area (Å²) in [6.45, 7) is 5.63. The van der Waals surface area contributed by atoms with E-state index in [4.69, 9.17) is 16.3 Å². The van der Waals surface area contributed by atoms with Crippen LogP contribution in [-0.2, 0) is 11.3 Å². The van der Waals surface area contributed by atoms with Crippen LogP contribution in [0.25, 0.3) is 0 Å². The molecule has 1 heterocycles. The van der Waals surface area contributed by atoms with Crippen molar-refractivity contribution in [2.45, 2.75) is 57.7 Å². The van der Waals surface area contributed by atoms with Crippen LogP contribution in [0.5, 0.6) is 0 Å². The molecule has 1 unspecified atom stereocenters. The molecule has 1 aromatic carbocycles. The van der Waals surface area contributed by atoms with E-state index in [1.807, 2.05) is 0 Å². The van der Waals surface area contributed by atoms with Gasteiger partial charge in [0.2, 0.25) is 0 Å². The van der Waals surface area contributed by atoms with Gasteiger partial charge in [-0.05, 0) is 43.9 Å². The predicted octanol–water partition coefficient (Wildman–Crippen LogP) is 4.31. The quantitative estimate of drug-likeness (QED) is 0.875. The molecule has 4 heteroatoms. The Kier molecular flexibility index (Phi) is 5.42. The first-order valence-corrected chi connectivity index (χ1v) is 7.77. The molecule has 0 saturated carbocycles. The predicted molar refractivity (Wildman–Crippen MR) is 80.5 cm³/mol. The molecule has 2 nitrogen and oxygen atoms in total. The van der Waals surface area contributed by atoms with Gasteiger partial charge in [-0.25, -0.2) is 4.39 Å². The second-order valence-corrected chi connectivity index (χ2v) is 5.98. The Bertz CT molecular complexity index is 448. The van der Waals surface area contributed by atoms with Crippen LogP contribution in [0.15, 0.2) is 18.2 Å². The van der Waals surface area contributed by atoms with Crippen LogP contribution < -0.4 is 5.32 Å². The van der Waals surface area contributed by atoms with Crippen LogP contribution in [0.1, 0.15) is 45.1 Å². The number of nitrogens with one attached hydrogen (secondary N) is 1. The van der Waals surface area contributed by atoms with Crippen molar-refractivity contribution in [3.8, 4) is 0 Å². The Morgan fingerprint density at radius 1 is 1.40 bits per heavy atom. The third-order valence-electron chi connectivity index (χ3n) is 4.37. The van der Waals surface area contributed by atoms with Crippen LogP contribution >= 0.6 is 11.6 Å². The van der Waals surface area contributed by atoms with Gasteiger partial charge >= 0.3 is 0 Å². The van der Waals surface area contributed by atoms with Crippen molar-refractivity contribution in [1.29, 1.82) is 0 Å². The van der Waals surface area contributed by atoms with Crippen molar-refractivity contribution in [2.24, 2.45) is 0 Å². The minimum Gasteiger partial charge on any atom is -0.375 e. The van der Waals surface area contributed by atoms with Gasteiger partial charge in [0.25, 0.3) is 0 Å². The van der Waals surface area contributed by atoms with E-state index in [2.05, 4.69) is 19.2 Å². The standard InChI is InChI=1S/C16H23ClFNO/c1-3-16(4-2)10-14(7-8-20-16)19-11-12-9-13(17)5-6-15(12)18/h5-6,9,14,19H,3-4,7-8,10-11H2,1-2H3. The molecule has 0 aliphatic carbocycles. The van der Waals surface area contributed by atoms with E-state index in [0.29, 0.717) is 23.2 Å². The Balaban J connectivity index is 1.95. The lowest BCUT2D eigenvalue weighted by atomic mass is 9.86. The molecular formula is C16H23ClFNO. The van der Waals surface area contributed by atoms with E-state index < -0.39 is 0 Å². The second-order valence-electron chi connectivity index (χ2n) is 5.54. The molecule has 1 atom stereocenters. The maximum Gasteiger partial charge on any atom is 0.127 e. The summed E-state index contributed by atoms with van der Waals surface area (Å²) in [7, 11) is 0. The summed E-state index contributed by atoms with van der Waals surface area (Å²) < 4.78 is 19.6. The Hall–Kier alpha value is -0.640. The zero-order valence-electron chi connectivity index (χ0n) is 12.2. The average Bonchev–Trinajstić information content (AvgIpc) is 2.48. The maximum atomic E-state index is 13.7. The smallest absolute Gasteiger partial charge is 0.127 e. The Morgan fingerprint density at radius 2 is 2.15 bits per heavy atom. The fourth-order valence-electron chi connectivity index (χ4n) is 2.88. The summed E-state index contributed by atoms with van der Waals surface area (Å²) in [5.74, 6) is -0.203. The SMILES string of the molecule is CCC1(CC)CC(NCc2cc(Cl)ccc2F)CCO1. The van der Waals surface area contributed by atoms with E-state index >= 15 is 0 Å². The lowest BCUT2D eigenvalue weighted by molar-refractivity contribution is -0.0932. The molecule has 1 fully saturated rings. The zero-order valence-corrected chi connectivity index (χ0v) is 13.0. The largest absolute Gasteiger partial charge is 0.375 e. The van der Waals surface area contributed by atoms with Gasteiger partial charge in [-0.15, -0.1) is 0 Å². The molecule has 1 N–H and O–H groups in total. The highest BCUT2D eigenvalue weighted by molar-refractivity contribution is 6.30. The van der Waals surface area contributed by atoms with Crippen molar-refractivity contribution >= 4 is 11.6 Å². The van der Waals surface area contributed by atoms with E-state index in [-0.39, 0.29) is 11.4 Å². The number of rotatable bonds is 5. The number of ether oxygens (including phenoxy) is 1. The van der Waals surface area contributed by atoms with Crippen LogP contribution in [0.3, 0.4) is 0 Å². The molecule has 0 amide bonds. The molecule has 1 saturated heterocycles. The first-order valence-electron chi connectivity index (χ1n) is 7.40. The van der Waals surface area contributed by atoms with Crippen LogP contribution in [0, 0.1) is 5.82 Å². The van der Waals surface area contributed by atoms with Gasteiger partial charge in [0, 0.05) is 29.8 Å². The summed E-state index contributed by atoms with van der Waals surface area (Å²) in [6, 6.07) is 5.07. The van der Waals surface area contributed by atoms with Gasteiger partial charge < -0.3 is 10.1 Å². The summed E-state index contributed by atoms with van der Waals surface area (Å²) >= 11 is 5.91.